The zero-order chi connectivity index (χ0) is 17.6. The summed E-state index contributed by atoms with van der Waals surface area (Å²) in [6.07, 6.45) is 4.25. The van der Waals surface area contributed by atoms with Crippen LogP contribution in [0, 0.1) is 11.8 Å². The Balaban J connectivity index is 2.03. The molecular formula is C20H22N2O2. The zero-order valence-corrected chi connectivity index (χ0v) is 14.2. The van der Waals surface area contributed by atoms with Crippen molar-refractivity contribution in [3.8, 4) is 11.8 Å². The molecule has 0 aliphatic rings. The van der Waals surface area contributed by atoms with Crippen LogP contribution in [0.1, 0.15) is 42.3 Å². The van der Waals surface area contributed by atoms with Gasteiger partial charge in [0.05, 0.1) is 0 Å². The summed E-state index contributed by atoms with van der Waals surface area (Å²) in [7, 11) is 0. The minimum atomic E-state index is -1.06. The van der Waals surface area contributed by atoms with Crippen LogP contribution in [0.15, 0.2) is 48.8 Å². The first kappa shape index (κ1) is 17.7. The van der Waals surface area contributed by atoms with Crippen molar-refractivity contribution in [1.82, 2.24) is 10.3 Å². The molecule has 1 aromatic heterocycles. The third-order valence-electron chi connectivity index (χ3n) is 3.28. The number of rotatable bonds is 4. The number of carbonyl (C=O) groups excluding carboxylic acids is 1. The number of nitrogens with zero attached hydrogens (tertiary/aromatic N) is 1. The normalized spacial score (nSPS) is 12.0. The van der Waals surface area contributed by atoms with Crippen LogP contribution < -0.4 is 5.32 Å². The van der Waals surface area contributed by atoms with E-state index in [9.17, 15) is 9.90 Å². The molecule has 0 aliphatic carbocycles. The molecule has 24 heavy (non-hydrogen) atoms. The molecule has 0 radical (unpaired) electrons. The second kappa shape index (κ2) is 7.76. The van der Waals surface area contributed by atoms with Crippen LogP contribution in [0.4, 0.5) is 0 Å². The smallest absolute Gasteiger partial charge is 0.251 e. The molecule has 4 nitrogen and oxygen atoms in total. The maximum Gasteiger partial charge on any atom is 0.251 e. The first-order valence-corrected chi connectivity index (χ1v) is 7.89. The summed E-state index contributed by atoms with van der Waals surface area (Å²) in [5.74, 6) is 5.49. The fourth-order valence-electron chi connectivity index (χ4n) is 2.19. The van der Waals surface area contributed by atoms with Gasteiger partial charge in [-0.05, 0) is 57.0 Å². The highest BCUT2D eigenvalue weighted by Gasteiger charge is 2.11. The number of nitrogens with one attached hydrogen (secondary N) is 1. The largest absolute Gasteiger partial charge is 0.378 e. The van der Waals surface area contributed by atoms with Crippen LogP contribution in [0.2, 0.25) is 0 Å². The first-order chi connectivity index (χ1) is 11.3. The molecule has 0 saturated heterocycles. The molecule has 0 fully saturated rings. The summed E-state index contributed by atoms with van der Waals surface area (Å²) in [6.45, 7) is 5.20. The average molecular weight is 322 g/mol. The van der Waals surface area contributed by atoms with E-state index in [1.54, 1.807) is 44.4 Å². The van der Waals surface area contributed by atoms with Crippen molar-refractivity contribution in [1.29, 1.82) is 0 Å². The van der Waals surface area contributed by atoms with Crippen LogP contribution >= 0.6 is 0 Å². The summed E-state index contributed by atoms with van der Waals surface area (Å²) in [5.41, 5.74) is 1.27. The van der Waals surface area contributed by atoms with Gasteiger partial charge in [0.25, 0.3) is 5.91 Å². The topological polar surface area (TPSA) is 62.2 Å². The summed E-state index contributed by atoms with van der Waals surface area (Å²) in [6, 6.07) is 10.9. The average Bonchev–Trinajstić information content (AvgIpc) is 2.53. The predicted octanol–water partition coefficient (Wildman–Crippen LogP) is 2.57. The highest BCUT2D eigenvalue weighted by atomic mass is 16.3. The van der Waals surface area contributed by atoms with Crippen molar-refractivity contribution in [2.24, 2.45) is 0 Å². The highest BCUT2D eigenvalue weighted by molar-refractivity contribution is 5.94. The summed E-state index contributed by atoms with van der Waals surface area (Å²) in [5, 5.41) is 12.6. The van der Waals surface area contributed by atoms with Crippen LogP contribution in [0.5, 0.6) is 0 Å². The monoisotopic (exact) mass is 322 g/mol. The molecule has 0 saturated carbocycles. The quantitative estimate of drug-likeness (QED) is 0.851. The SMILES string of the molecule is CC(Cc1cccnc1)NC(=O)c1cccc(C#CC(C)(C)O)c1. The van der Waals surface area contributed by atoms with E-state index in [1.165, 1.54) is 0 Å². The molecule has 4 heteroatoms. The van der Waals surface area contributed by atoms with Crippen molar-refractivity contribution in [3.05, 3.63) is 65.5 Å². The number of benzene rings is 1. The molecule has 2 rings (SSSR count). The van der Waals surface area contributed by atoms with E-state index >= 15 is 0 Å². The standard InChI is InChI=1S/C20H22N2O2/c1-15(12-17-7-5-11-21-14-17)22-19(23)18-8-4-6-16(13-18)9-10-20(2,3)24/h4-8,11,13-15,24H,12H2,1-3H3,(H,22,23). The molecule has 0 spiro atoms. The molecule has 0 aliphatic heterocycles. The summed E-state index contributed by atoms with van der Waals surface area (Å²) >= 11 is 0. The number of amides is 1. The van der Waals surface area contributed by atoms with Crippen molar-refractivity contribution in [2.45, 2.75) is 38.8 Å². The van der Waals surface area contributed by atoms with Gasteiger partial charge in [-0.25, -0.2) is 0 Å². The number of pyridine rings is 1. The van der Waals surface area contributed by atoms with Crippen LogP contribution in [-0.4, -0.2) is 27.6 Å². The first-order valence-electron chi connectivity index (χ1n) is 7.89. The lowest BCUT2D eigenvalue weighted by molar-refractivity contribution is 0.0940. The van der Waals surface area contributed by atoms with Gasteiger partial charge in [0.15, 0.2) is 0 Å². The fourth-order valence-corrected chi connectivity index (χ4v) is 2.19. The van der Waals surface area contributed by atoms with Crippen LogP contribution in [-0.2, 0) is 6.42 Å². The third kappa shape index (κ3) is 5.86. The molecular weight excluding hydrogens is 300 g/mol. The Hall–Kier alpha value is -2.64. The minimum absolute atomic E-state index is 0.00665. The van der Waals surface area contributed by atoms with Gasteiger partial charge in [-0.3, -0.25) is 9.78 Å². The maximum atomic E-state index is 12.4. The van der Waals surface area contributed by atoms with E-state index in [4.69, 9.17) is 0 Å². The van der Waals surface area contributed by atoms with Crippen LogP contribution in [0.25, 0.3) is 0 Å². The Labute approximate surface area is 142 Å². The Kier molecular flexibility index (Phi) is 5.73. The highest BCUT2D eigenvalue weighted by Crippen LogP contribution is 2.07. The maximum absolute atomic E-state index is 12.4. The Morgan fingerprint density at radius 3 is 2.79 bits per heavy atom. The van der Waals surface area contributed by atoms with E-state index < -0.39 is 5.60 Å². The molecule has 1 aromatic carbocycles. The lowest BCUT2D eigenvalue weighted by atomic mass is 10.1. The number of hydrogen-bond acceptors (Lipinski definition) is 3. The van der Waals surface area contributed by atoms with E-state index in [0.717, 1.165) is 12.0 Å². The molecule has 1 amide bonds. The van der Waals surface area contributed by atoms with E-state index in [-0.39, 0.29) is 11.9 Å². The molecule has 2 N–H and O–H groups in total. The van der Waals surface area contributed by atoms with Crippen molar-refractivity contribution < 1.29 is 9.90 Å². The Morgan fingerprint density at radius 2 is 2.12 bits per heavy atom. The molecule has 1 atom stereocenters. The molecule has 0 bridgehead atoms. The second-order valence-electron chi connectivity index (χ2n) is 6.33. The van der Waals surface area contributed by atoms with Crippen molar-refractivity contribution >= 4 is 5.91 Å². The van der Waals surface area contributed by atoms with Gasteiger partial charge in [0.2, 0.25) is 0 Å². The molecule has 1 unspecified atom stereocenters. The molecule has 2 aromatic rings. The number of carbonyl (C=O) groups is 1. The van der Waals surface area contributed by atoms with Gasteiger partial charge in [-0.15, -0.1) is 0 Å². The molecule has 124 valence electrons. The van der Waals surface area contributed by atoms with Gasteiger partial charge >= 0.3 is 0 Å². The number of hydrogen-bond donors (Lipinski definition) is 2. The molecule has 1 heterocycles. The summed E-state index contributed by atoms with van der Waals surface area (Å²) in [4.78, 5) is 16.5. The Morgan fingerprint density at radius 1 is 1.33 bits per heavy atom. The number of aliphatic hydroxyl groups is 1. The van der Waals surface area contributed by atoms with Gasteiger partial charge in [-0.1, -0.05) is 24.0 Å². The second-order valence-corrected chi connectivity index (χ2v) is 6.33. The fraction of sp³-hybridized carbons (Fsp3) is 0.300. The van der Waals surface area contributed by atoms with Gasteiger partial charge < -0.3 is 10.4 Å². The predicted molar refractivity (Wildman–Crippen MR) is 94.5 cm³/mol. The van der Waals surface area contributed by atoms with Gasteiger partial charge in [0, 0.05) is 29.6 Å². The third-order valence-corrected chi connectivity index (χ3v) is 3.28. The van der Waals surface area contributed by atoms with Gasteiger partial charge in [-0.2, -0.15) is 0 Å². The van der Waals surface area contributed by atoms with E-state index in [0.29, 0.717) is 11.1 Å². The number of aromatic nitrogens is 1. The Bertz CT molecular complexity index is 752. The zero-order valence-electron chi connectivity index (χ0n) is 14.2. The minimum Gasteiger partial charge on any atom is -0.378 e. The summed E-state index contributed by atoms with van der Waals surface area (Å²) < 4.78 is 0. The van der Waals surface area contributed by atoms with E-state index in [1.807, 2.05) is 25.1 Å². The van der Waals surface area contributed by atoms with Crippen molar-refractivity contribution in [2.75, 3.05) is 0 Å². The van der Waals surface area contributed by atoms with Crippen molar-refractivity contribution in [3.63, 3.8) is 0 Å². The lowest BCUT2D eigenvalue weighted by Gasteiger charge is -2.14. The van der Waals surface area contributed by atoms with Crippen LogP contribution in [0.3, 0.4) is 0 Å². The lowest BCUT2D eigenvalue weighted by Crippen LogP contribution is -2.34. The van der Waals surface area contributed by atoms with Gasteiger partial charge in [0.1, 0.15) is 5.60 Å². The van der Waals surface area contributed by atoms with E-state index in [2.05, 4.69) is 22.1 Å².